The molecule has 0 atom stereocenters. The second-order valence-corrected chi connectivity index (χ2v) is 13.7. The molecule has 0 rings (SSSR count). The van der Waals surface area contributed by atoms with Crippen molar-refractivity contribution in [2.24, 2.45) is 5.41 Å². The smallest absolute Gasteiger partial charge is 0.324 e. The summed E-state index contributed by atoms with van der Waals surface area (Å²) >= 11 is 0. The predicted octanol–water partition coefficient (Wildman–Crippen LogP) is 11.7. The molecule has 0 heterocycles. The van der Waals surface area contributed by atoms with E-state index in [2.05, 4.69) is 20.8 Å². The van der Waals surface area contributed by atoms with Gasteiger partial charge in [-0.25, -0.2) is 0 Å². The molecule has 4 heteroatoms. The van der Waals surface area contributed by atoms with Crippen LogP contribution in [0.25, 0.3) is 0 Å². The largest absolute Gasteiger partial charge is 0.325 e. The highest BCUT2D eigenvalue weighted by molar-refractivity contribution is 7.51. The summed E-state index contributed by atoms with van der Waals surface area (Å²) in [4.78, 5) is 17.8. The predicted molar refractivity (Wildman–Crippen MR) is 161 cm³/mol. The average molecular weight is 531 g/mol. The van der Waals surface area contributed by atoms with Crippen LogP contribution in [0.3, 0.4) is 0 Å². The van der Waals surface area contributed by atoms with E-state index in [4.69, 9.17) is 9.79 Å². The molecule has 0 radical (unpaired) electrons. The Kier molecular flexibility index (Phi) is 25.5. The number of unbranched alkanes of at least 4 members (excludes halogenated alkanes) is 19. The maximum atomic E-state index is 10.9. The molecular formula is C32H67O3P. The van der Waals surface area contributed by atoms with E-state index in [1.54, 1.807) is 0 Å². The quantitative estimate of drug-likeness (QED) is 0.0746. The third-order valence-corrected chi connectivity index (χ3v) is 9.24. The highest BCUT2D eigenvalue weighted by Crippen LogP contribution is 2.42. The highest BCUT2D eigenvalue weighted by atomic mass is 31.2. The van der Waals surface area contributed by atoms with Gasteiger partial charge in [0.15, 0.2) is 0 Å². The van der Waals surface area contributed by atoms with E-state index in [-0.39, 0.29) is 6.16 Å². The van der Waals surface area contributed by atoms with Crippen molar-refractivity contribution in [3.05, 3.63) is 0 Å². The summed E-state index contributed by atoms with van der Waals surface area (Å²) in [7, 11) is -3.78. The van der Waals surface area contributed by atoms with Gasteiger partial charge in [-0.1, -0.05) is 162 Å². The Morgan fingerprint density at radius 2 is 0.667 bits per heavy atom. The van der Waals surface area contributed by atoms with E-state index in [0.29, 0.717) is 11.8 Å². The summed E-state index contributed by atoms with van der Waals surface area (Å²) in [5.41, 5.74) is 0.634. The van der Waals surface area contributed by atoms with E-state index >= 15 is 0 Å². The van der Waals surface area contributed by atoms with Crippen LogP contribution in [0.1, 0.15) is 194 Å². The molecule has 0 spiro atoms. The van der Waals surface area contributed by atoms with Gasteiger partial charge in [-0.15, -0.1) is 0 Å². The Balaban J connectivity index is 4.25. The molecule has 0 bridgehead atoms. The van der Waals surface area contributed by atoms with Crippen LogP contribution in [0.4, 0.5) is 0 Å². The van der Waals surface area contributed by atoms with Crippen molar-refractivity contribution < 1.29 is 14.4 Å². The Labute approximate surface area is 227 Å². The number of rotatable bonds is 29. The van der Waals surface area contributed by atoms with Crippen molar-refractivity contribution in [2.45, 2.75) is 194 Å². The second kappa shape index (κ2) is 25.4. The molecule has 0 unspecified atom stereocenters. The molecule has 0 aromatic rings. The van der Waals surface area contributed by atoms with E-state index in [1.807, 2.05) is 0 Å². The van der Waals surface area contributed by atoms with Crippen LogP contribution in [-0.2, 0) is 4.57 Å². The van der Waals surface area contributed by atoms with Gasteiger partial charge in [-0.05, 0) is 37.5 Å². The van der Waals surface area contributed by atoms with Crippen LogP contribution in [0.5, 0.6) is 0 Å². The van der Waals surface area contributed by atoms with Crippen LogP contribution in [-0.4, -0.2) is 15.9 Å². The van der Waals surface area contributed by atoms with Gasteiger partial charge >= 0.3 is 7.60 Å². The first-order valence-electron chi connectivity index (χ1n) is 16.4. The Morgan fingerprint density at radius 3 is 0.944 bits per heavy atom. The van der Waals surface area contributed by atoms with E-state index < -0.39 is 7.60 Å². The fourth-order valence-corrected chi connectivity index (χ4v) is 6.57. The lowest BCUT2D eigenvalue weighted by atomic mass is 9.70. The molecule has 0 aliphatic rings. The van der Waals surface area contributed by atoms with Gasteiger partial charge in [0.05, 0.1) is 0 Å². The van der Waals surface area contributed by atoms with Gasteiger partial charge in [0.2, 0.25) is 0 Å². The zero-order chi connectivity index (χ0) is 26.8. The zero-order valence-corrected chi connectivity index (χ0v) is 25.9. The Morgan fingerprint density at radius 1 is 0.417 bits per heavy atom. The summed E-state index contributed by atoms with van der Waals surface area (Å²) in [6.07, 6.45) is 36.5. The molecule has 218 valence electrons. The maximum Gasteiger partial charge on any atom is 0.325 e. The van der Waals surface area contributed by atoms with Crippen LogP contribution in [0.2, 0.25) is 0 Å². The molecule has 0 saturated carbocycles. The van der Waals surface area contributed by atoms with E-state index in [9.17, 15) is 4.57 Å². The first kappa shape index (κ1) is 36.1. The summed E-state index contributed by atoms with van der Waals surface area (Å²) < 4.78 is 10.9. The normalized spacial score (nSPS) is 12.5. The molecule has 2 N–H and O–H groups in total. The molecule has 0 aliphatic heterocycles. The Hall–Kier alpha value is 0.150. The first-order valence-corrected chi connectivity index (χ1v) is 18.2. The topological polar surface area (TPSA) is 57.5 Å². The molecule has 0 fully saturated rings. The lowest BCUT2D eigenvalue weighted by Gasteiger charge is -2.35. The lowest BCUT2D eigenvalue weighted by Crippen LogP contribution is -2.21. The molecule has 0 aromatic heterocycles. The van der Waals surface area contributed by atoms with Crippen molar-refractivity contribution >= 4 is 7.60 Å². The molecule has 0 amide bonds. The molecule has 0 aliphatic carbocycles. The summed E-state index contributed by atoms with van der Waals surface area (Å²) in [5, 5.41) is 0. The molecule has 0 aromatic carbocycles. The van der Waals surface area contributed by atoms with Crippen molar-refractivity contribution in [3.8, 4) is 0 Å². The van der Waals surface area contributed by atoms with Crippen molar-refractivity contribution in [2.75, 3.05) is 6.16 Å². The van der Waals surface area contributed by atoms with Crippen LogP contribution in [0, 0.1) is 5.41 Å². The van der Waals surface area contributed by atoms with Gasteiger partial charge in [0.25, 0.3) is 0 Å². The molecule has 0 saturated heterocycles. The monoisotopic (exact) mass is 530 g/mol. The van der Waals surface area contributed by atoms with Gasteiger partial charge in [-0.2, -0.15) is 0 Å². The summed E-state index contributed by atoms with van der Waals surface area (Å²) in [5.74, 6) is 0. The maximum absolute atomic E-state index is 10.9. The molecule has 36 heavy (non-hydrogen) atoms. The van der Waals surface area contributed by atoms with Crippen LogP contribution >= 0.6 is 7.60 Å². The standard InChI is InChI=1S/C32H67O3P/c1-4-7-10-22-27-32(28-23-11-8-5-2,29-24-12-9-6-3)30-25-20-18-16-14-13-15-17-19-21-26-31-36(33,34)35/h4-31H2,1-3H3,(H2,33,34,35). The minimum Gasteiger partial charge on any atom is -0.324 e. The third kappa shape index (κ3) is 24.5. The van der Waals surface area contributed by atoms with Crippen molar-refractivity contribution in [3.63, 3.8) is 0 Å². The van der Waals surface area contributed by atoms with Gasteiger partial charge in [-0.3, -0.25) is 4.57 Å². The summed E-state index contributed by atoms with van der Waals surface area (Å²) in [6.45, 7) is 7.00. The molecule has 3 nitrogen and oxygen atoms in total. The van der Waals surface area contributed by atoms with Crippen LogP contribution in [0.15, 0.2) is 0 Å². The summed E-state index contributed by atoms with van der Waals surface area (Å²) in [6, 6.07) is 0. The zero-order valence-electron chi connectivity index (χ0n) is 25.0. The minimum absolute atomic E-state index is 0.0600. The average Bonchev–Trinajstić information content (AvgIpc) is 2.84. The Bertz CT molecular complexity index is 457. The minimum atomic E-state index is -3.78. The van der Waals surface area contributed by atoms with Crippen LogP contribution < -0.4 is 0 Å². The van der Waals surface area contributed by atoms with Gasteiger partial charge in [0, 0.05) is 6.16 Å². The lowest BCUT2D eigenvalue weighted by molar-refractivity contribution is 0.172. The van der Waals surface area contributed by atoms with E-state index in [0.717, 1.165) is 12.8 Å². The second-order valence-electron chi connectivity index (χ2n) is 12.0. The van der Waals surface area contributed by atoms with Crippen molar-refractivity contribution in [1.82, 2.24) is 0 Å². The highest BCUT2D eigenvalue weighted by Gasteiger charge is 2.28. The van der Waals surface area contributed by atoms with Gasteiger partial charge < -0.3 is 9.79 Å². The number of hydrogen-bond donors (Lipinski definition) is 2. The fraction of sp³-hybridized carbons (Fsp3) is 1.00. The molecular weight excluding hydrogens is 463 g/mol. The van der Waals surface area contributed by atoms with Gasteiger partial charge in [0.1, 0.15) is 0 Å². The SMILES string of the molecule is CCCCCCC(CCCCCC)(CCCCCC)CCCCCCCCCCCCCP(=O)(O)O. The number of hydrogen-bond acceptors (Lipinski definition) is 1. The first-order chi connectivity index (χ1) is 17.4. The van der Waals surface area contributed by atoms with E-state index in [1.165, 1.54) is 154 Å². The van der Waals surface area contributed by atoms with Crippen molar-refractivity contribution in [1.29, 1.82) is 0 Å². The third-order valence-electron chi connectivity index (χ3n) is 8.34. The fourth-order valence-electron chi connectivity index (χ4n) is 5.94.